The smallest absolute Gasteiger partial charge is 0.266 e. The first-order chi connectivity index (χ1) is 18.3. The molecule has 0 bridgehead atoms. The summed E-state index contributed by atoms with van der Waals surface area (Å²) in [6, 6.07) is 20.5. The van der Waals surface area contributed by atoms with Crippen LogP contribution in [0.2, 0.25) is 0 Å². The van der Waals surface area contributed by atoms with Gasteiger partial charge in [0.2, 0.25) is 11.8 Å². The standard InChI is InChI=1S/C31H28N4O3/c1-16(2)25-23-24(29(38)35(28(23)37)26-17(3)10-9-11-18(26)4)31(33-25)20-13-6-8-15-22(20)34-27(36)19-12-5-7-14-21(19)32-30(31)34/h5-16,23-25,33H,1-4H3/t23-,24-,25-,31-/m1/s1. The summed E-state index contributed by atoms with van der Waals surface area (Å²) in [6.45, 7) is 7.99. The Hall–Kier alpha value is -4.10. The Balaban J connectivity index is 1.55. The van der Waals surface area contributed by atoms with E-state index in [2.05, 4.69) is 19.2 Å². The zero-order valence-corrected chi connectivity index (χ0v) is 21.7. The van der Waals surface area contributed by atoms with Crippen LogP contribution >= 0.6 is 0 Å². The maximum atomic E-state index is 14.5. The van der Waals surface area contributed by atoms with E-state index < -0.39 is 17.4 Å². The third kappa shape index (κ3) is 2.67. The molecule has 1 aromatic heterocycles. The highest BCUT2D eigenvalue weighted by atomic mass is 16.2. The molecule has 2 saturated heterocycles. The number of carbonyl (C=O) groups excluding carboxylic acids is 2. The van der Waals surface area contributed by atoms with Crippen molar-refractivity contribution in [1.29, 1.82) is 0 Å². The van der Waals surface area contributed by atoms with E-state index in [4.69, 9.17) is 4.98 Å². The summed E-state index contributed by atoms with van der Waals surface area (Å²) in [6.07, 6.45) is 0. The molecule has 4 heterocycles. The van der Waals surface area contributed by atoms with Gasteiger partial charge in [0.15, 0.2) is 0 Å². The molecular weight excluding hydrogens is 476 g/mol. The number of para-hydroxylation sites is 3. The van der Waals surface area contributed by atoms with Gasteiger partial charge < -0.3 is 0 Å². The molecule has 190 valence electrons. The second-order valence-corrected chi connectivity index (χ2v) is 11.1. The molecule has 38 heavy (non-hydrogen) atoms. The quantitative estimate of drug-likeness (QED) is 0.418. The molecule has 1 N–H and O–H groups in total. The number of benzene rings is 3. The van der Waals surface area contributed by atoms with Crippen LogP contribution in [-0.2, 0) is 15.1 Å². The number of nitrogens with zero attached hydrogens (tertiary/aromatic N) is 3. The molecule has 1 spiro atoms. The van der Waals surface area contributed by atoms with Crippen molar-refractivity contribution < 1.29 is 9.59 Å². The molecule has 7 rings (SSSR count). The van der Waals surface area contributed by atoms with Crippen LogP contribution in [0, 0.1) is 31.6 Å². The van der Waals surface area contributed by atoms with Crippen LogP contribution in [0.4, 0.5) is 5.69 Å². The first-order valence-corrected chi connectivity index (χ1v) is 13.1. The lowest BCUT2D eigenvalue weighted by atomic mass is 9.75. The highest BCUT2D eigenvalue weighted by Crippen LogP contribution is 2.56. The number of carbonyl (C=O) groups is 2. The molecule has 7 heteroatoms. The molecule has 3 aliphatic heterocycles. The van der Waals surface area contributed by atoms with Gasteiger partial charge in [-0.05, 0) is 49.1 Å². The third-order valence-corrected chi connectivity index (χ3v) is 8.68. The Kier molecular flexibility index (Phi) is 4.68. The van der Waals surface area contributed by atoms with Gasteiger partial charge in [0, 0.05) is 11.6 Å². The van der Waals surface area contributed by atoms with Crippen LogP contribution in [-0.4, -0.2) is 27.4 Å². The van der Waals surface area contributed by atoms with Crippen molar-refractivity contribution in [1.82, 2.24) is 14.9 Å². The molecule has 4 atom stereocenters. The molecule has 0 radical (unpaired) electrons. The lowest BCUT2D eigenvalue weighted by Gasteiger charge is -2.32. The number of aryl methyl sites for hydroxylation is 2. The van der Waals surface area contributed by atoms with Gasteiger partial charge in [0.25, 0.3) is 5.56 Å². The molecule has 0 aliphatic carbocycles. The number of hydrogen-bond acceptors (Lipinski definition) is 5. The summed E-state index contributed by atoms with van der Waals surface area (Å²) in [7, 11) is 0. The number of nitrogens with one attached hydrogen (secondary N) is 1. The summed E-state index contributed by atoms with van der Waals surface area (Å²) in [5, 5.41) is 4.26. The number of imide groups is 1. The number of hydrogen-bond donors (Lipinski definition) is 1. The van der Waals surface area contributed by atoms with E-state index >= 15 is 0 Å². The normalized spacial score (nSPS) is 25.5. The van der Waals surface area contributed by atoms with E-state index in [0.29, 0.717) is 28.1 Å². The molecule has 4 aromatic rings. The molecule has 0 saturated carbocycles. The Morgan fingerprint density at radius 1 is 0.868 bits per heavy atom. The van der Waals surface area contributed by atoms with Gasteiger partial charge in [-0.1, -0.05) is 62.4 Å². The first-order valence-electron chi connectivity index (χ1n) is 13.1. The minimum absolute atomic E-state index is 0.0601. The fraction of sp³-hybridized carbons (Fsp3) is 0.290. The summed E-state index contributed by atoms with van der Waals surface area (Å²) in [5.74, 6) is -1.25. The number of anilines is 1. The van der Waals surface area contributed by atoms with Crippen LogP contribution < -0.4 is 15.8 Å². The predicted molar refractivity (Wildman–Crippen MR) is 145 cm³/mol. The fourth-order valence-corrected chi connectivity index (χ4v) is 7.10. The lowest BCUT2D eigenvalue weighted by Crippen LogP contribution is -2.51. The van der Waals surface area contributed by atoms with Crippen molar-refractivity contribution in [2.75, 3.05) is 4.90 Å². The minimum Gasteiger partial charge on any atom is -0.296 e. The zero-order valence-electron chi connectivity index (χ0n) is 21.7. The number of rotatable bonds is 2. The zero-order chi connectivity index (χ0) is 26.5. The van der Waals surface area contributed by atoms with Gasteiger partial charge in [-0.15, -0.1) is 0 Å². The monoisotopic (exact) mass is 504 g/mol. The topological polar surface area (TPSA) is 84.3 Å². The van der Waals surface area contributed by atoms with Gasteiger partial charge in [-0.3, -0.25) is 24.3 Å². The number of aromatic nitrogens is 2. The first kappa shape index (κ1) is 23.0. The van der Waals surface area contributed by atoms with Gasteiger partial charge in [-0.2, -0.15) is 0 Å². The maximum absolute atomic E-state index is 14.5. The van der Waals surface area contributed by atoms with E-state index in [0.717, 1.165) is 16.7 Å². The third-order valence-electron chi connectivity index (χ3n) is 8.68. The highest BCUT2D eigenvalue weighted by Gasteiger charge is 2.70. The van der Waals surface area contributed by atoms with E-state index in [9.17, 15) is 14.4 Å². The molecule has 3 aliphatic rings. The van der Waals surface area contributed by atoms with Gasteiger partial charge in [0.05, 0.1) is 34.1 Å². The van der Waals surface area contributed by atoms with Crippen LogP contribution in [0.3, 0.4) is 0 Å². The molecule has 3 aromatic carbocycles. The summed E-state index contributed by atoms with van der Waals surface area (Å²) < 4.78 is 1.64. The van der Waals surface area contributed by atoms with Crippen molar-refractivity contribution >= 4 is 28.4 Å². The summed E-state index contributed by atoms with van der Waals surface area (Å²) >= 11 is 0. The Bertz CT molecular complexity index is 1740. The molecular formula is C31H28N4O3. The van der Waals surface area contributed by atoms with E-state index in [1.165, 1.54) is 4.90 Å². The molecule has 0 unspecified atom stereocenters. The van der Waals surface area contributed by atoms with Crippen molar-refractivity contribution in [3.05, 3.63) is 99.6 Å². The maximum Gasteiger partial charge on any atom is 0.266 e. The Morgan fingerprint density at radius 2 is 1.55 bits per heavy atom. The fourth-order valence-electron chi connectivity index (χ4n) is 7.10. The summed E-state index contributed by atoms with van der Waals surface area (Å²) in [4.78, 5) is 49.1. The van der Waals surface area contributed by atoms with Gasteiger partial charge >= 0.3 is 0 Å². The average molecular weight is 505 g/mol. The number of fused-ring (bicyclic) bond motifs is 8. The van der Waals surface area contributed by atoms with E-state index in [-0.39, 0.29) is 29.3 Å². The van der Waals surface area contributed by atoms with Crippen LogP contribution in [0.25, 0.3) is 16.6 Å². The molecule has 2 amide bonds. The van der Waals surface area contributed by atoms with Crippen molar-refractivity contribution in [3.63, 3.8) is 0 Å². The second kappa shape index (κ2) is 7.71. The predicted octanol–water partition coefficient (Wildman–Crippen LogP) is 3.99. The van der Waals surface area contributed by atoms with Crippen LogP contribution in [0.5, 0.6) is 0 Å². The van der Waals surface area contributed by atoms with Gasteiger partial charge in [0.1, 0.15) is 11.4 Å². The second-order valence-electron chi connectivity index (χ2n) is 11.1. The summed E-state index contributed by atoms with van der Waals surface area (Å²) in [5.41, 5.74) is 3.21. The van der Waals surface area contributed by atoms with E-state index in [1.807, 2.05) is 74.5 Å². The Morgan fingerprint density at radius 3 is 2.29 bits per heavy atom. The highest BCUT2D eigenvalue weighted by molar-refractivity contribution is 6.24. The largest absolute Gasteiger partial charge is 0.296 e. The Labute approximate surface area is 220 Å². The minimum atomic E-state index is -1.11. The molecule has 2 fully saturated rings. The van der Waals surface area contributed by atoms with Gasteiger partial charge in [-0.25, -0.2) is 9.88 Å². The molecule has 7 nitrogen and oxygen atoms in total. The average Bonchev–Trinajstić information content (AvgIpc) is 3.49. The lowest BCUT2D eigenvalue weighted by molar-refractivity contribution is -0.123. The number of amides is 2. The van der Waals surface area contributed by atoms with Crippen LogP contribution in [0.1, 0.15) is 36.4 Å². The van der Waals surface area contributed by atoms with Crippen molar-refractivity contribution in [3.8, 4) is 5.69 Å². The van der Waals surface area contributed by atoms with Crippen molar-refractivity contribution in [2.24, 2.45) is 17.8 Å². The SMILES string of the molecule is Cc1cccc(C)c1N1C(=O)[C@H]2[C@@H](C(C)C)N[C@]3(c4ccccc4-n4c3nc3ccccc3c4=O)[C@H]2C1=O. The van der Waals surface area contributed by atoms with Crippen LogP contribution in [0.15, 0.2) is 71.5 Å². The van der Waals surface area contributed by atoms with E-state index in [1.54, 1.807) is 10.6 Å². The van der Waals surface area contributed by atoms with Crippen molar-refractivity contribution in [2.45, 2.75) is 39.3 Å².